The number of anilines is 1. The molecule has 0 saturated heterocycles. The van der Waals surface area contributed by atoms with Crippen molar-refractivity contribution in [1.29, 1.82) is 0 Å². The first-order valence-corrected chi connectivity index (χ1v) is 7.93. The van der Waals surface area contributed by atoms with Crippen LogP contribution in [0.5, 0.6) is 0 Å². The van der Waals surface area contributed by atoms with Gasteiger partial charge in [-0.2, -0.15) is 0 Å². The summed E-state index contributed by atoms with van der Waals surface area (Å²) >= 11 is 3.57. The maximum atomic E-state index is 4.74. The van der Waals surface area contributed by atoms with Gasteiger partial charge in [0.15, 0.2) is 0 Å². The second-order valence-corrected chi connectivity index (χ2v) is 5.88. The van der Waals surface area contributed by atoms with Crippen LogP contribution in [-0.4, -0.2) is 9.55 Å². The van der Waals surface area contributed by atoms with E-state index in [9.17, 15) is 0 Å². The second-order valence-electron chi connectivity index (χ2n) is 5.03. The summed E-state index contributed by atoms with van der Waals surface area (Å²) in [6.45, 7) is 5.91. The van der Waals surface area contributed by atoms with Crippen LogP contribution in [0.15, 0.2) is 46.9 Å². The summed E-state index contributed by atoms with van der Waals surface area (Å²) in [5, 5.41) is 3.49. The third-order valence-corrected chi connectivity index (χ3v) is 4.61. The molecule has 0 aliphatic rings. The monoisotopic (exact) mass is 343 g/mol. The van der Waals surface area contributed by atoms with E-state index in [-0.39, 0.29) is 0 Å². The molecule has 0 amide bonds. The SMILES string of the molecule is CCn1c(CNc2cccc(Br)c2C)nc2ccccc21. The Balaban J connectivity index is 1.90. The van der Waals surface area contributed by atoms with E-state index in [2.05, 4.69) is 70.0 Å². The number of benzene rings is 2. The van der Waals surface area contributed by atoms with Gasteiger partial charge in [-0.15, -0.1) is 0 Å². The topological polar surface area (TPSA) is 29.9 Å². The number of halogens is 1. The van der Waals surface area contributed by atoms with Crippen molar-refractivity contribution in [2.24, 2.45) is 0 Å². The zero-order chi connectivity index (χ0) is 14.8. The van der Waals surface area contributed by atoms with E-state index in [1.165, 1.54) is 11.1 Å². The number of nitrogens with one attached hydrogen (secondary N) is 1. The largest absolute Gasteiger partial charge is 0.378 e. The first kappa shape index (κ1) is 14.1. The predicted molar refractivity (Wildman–Crippen MR) is 91.6 cm³/mol. The highest BCUT2D eigenvalue weighted by molar-refractivity contribution is 9.10. The molecule has 0 atom stereocenters. The maximum Gasteiger partial charge on any atom is 0.129 e. The number of para-hydroxylation sites is 2. The zero-order valence-electron chi connectivity index (χ0n) is 12.2. The molecular formula is C17H18BrN3. The molecule has 108 valence electrons. The molecule has 3 nitrogen and oxygen atoms in total. The van der Waals surface area contributed by atoms with Gasteiger partial charge >= 0.3 is 0 Å². The van der Waals surface area contributed by atoms with Crippen molar-refractivity contribution < 1.29 is 0 Å². The number of hydrogen-bond acceptors (Lipinski definition) is 2. The molecular weight excluding hydrogens is 326 g/mol. The van der Waals surface area contributed by atoms with Crippen molar-refractivity contribution in [2.75, 3.05) is 5.32 Å². The molecule has 1 heterocycles. The minimum atomic E-state index is 0.722. The van der Waals surface area contributed by atoms with Crippen molar-refractivity contribution in [3.05, 3.63) is 58.3 Å². The Morgan fingerprint density at radius 1 is 1.14 bits per heavy atom. The standard InChI is InChI=1S/C17H18BrN3/c1-3-21-16-10-5-4-8-15(16)20-17(21)11-19-14-9-6-7-13(18)12(14)2/h4-10,19H,3,11H2,1-2H3. The van der Waals surface area contributed by atoms with E-state index < -0.39 is 0 Å². The Bertz CT molecular complexity index is 777. The normalized spacial score (nSPS) is 11.0. The molecule has 0 aliphatic carbocycles. The van der Waals surface area contributed by atoms with Crippen LogP contribution >= 0.6 is 15.9 Å². The van der Waals surface area contributed by atoms with Crippen LogP contribution in [-0.2, 0) is 13.1 Å². The minimum absolute atomic E-state index is 0.722. The van der Waals surface area contributed by atoms with Crippen molar-refractivity contribution in [3.63, 3.8) is 0 Å². The van der Waals surface area contributed by atoms with Crippen LogP contribution in [0.4, 0.5) is 5.69 Å². The first-order chi connectivity index (χ1) is 10.2. The van der Waals surface area contributed by atoms with Gasteiger partial charge < -0.3 is 9.88 Å². The average molecular weight is 344 g/mol. The van der Waals surface area contributed by atoms with E-state index >= 15 is 0 Å². The highest BCUT2D eigenvalue weighted by Gasteiger charge is 2.09. The molecule has 0 fully saturated rings. The van der Waals surface area contributed by atoms with Gasteiger partial charge in [-0.25, -0.2) is 4.98 Å². The molecule has 21 heavy (non-hydrogen) atoms. The zero-order valence-corrected chi connectivity index (χ0v) is 13.8. The molecule has 1 aromatic heterocycles. The van der Waals surface area contributed by atoms with E-state index in [0.29, 0.717) is 0 Å². The summed E-state index contributed by atoms with van der Waals surface area (Å²) in [6.07, 6.45) is 0. The highest BCUT2D eigenvalue weighted by atomic mass is 79.9. The molecule has 3 aromatic rings. The van der Waals surface area contributed by atoms with E-state index in [1.807, 2.05) is 12.1 Å². The summed E-state index contributed by atoms with van der Waals surface area (Å²) < 4.78 is 3.38. The van der Waals surface area contributed by atoms with Gasteiger partial charge in [0.25, 0.3) is 0 Å². The molecule has 0 saturated carbocycles. The van der Waals surface area contributed by atoms with Crippen molar-refractivity contribution in [1.82, 2.24) is 9.55 Å². The van der Waals surface area contributed by atoms with Crippen molar-refractivity contribution >= 4 is 32.7 Å². The molecule has 4 heteroatoms. The lowest BCUT2D eigenvalue weighted by Crippen LogP contribution is -2.08. The first-order valence-electron chi connectivity index (χ1n) is 7.14. The molecule has 0 radical (unpaired) electrons. The maximum absolute atomic E-state index is 4.74. The summed E-state index contributed by atoms with van der Waals surface area (Å²) in [4.78, 5) is 4.74. The fraction of sp³-hybridized carbons (Fsp3) is 0.235. The van der Waals surface area contributed by atoms with Crippen molar-refractivity contribution in [2.45, 2.75) is 26.9 Å². The van der Waals surface area contributed by atoms with Crippen LogP contribution in [0.1, 0.15) is 18.3 Å². The highest BCUT2D eigenvalue weighted by Crippen LogP contribution is 2.24. The summed E-state index contributed by atoms with van der Waals surface area (Å²) in [5.74, 6) is 1.07. The third-order valence-electron chi connectivity index (χ3n) is 3.75. The Hall–Kier alpha value is -1.81. The predicted octanol–water partition coefficient (Wildman–Crippen LogP) is 4.74. The molecule has 1 N–H and O–H groups in total. The number of hydrogen-bond donors (Lipinski definition) is 1. The van der Waals surface area contributed by atoms with Gasteiger partial charge in [0, 0.05) is 16.7 Å². The summed E-state index contributed by atoms with van der Waals surface area (Å²) in [7, 11) is 0. The minimum Gasteiger partial charge on any atom is -0.378 e. The van der Waals surface area contributed by atoms with E-state index in [4.69, 9.17) is 4.98 Å². The number of nitrogens with zero attached hydrogens (tertiary/aromatic N) is 2. The van der Waals surface area contributed by atoms with Gasteiger partial charge in [-0.1, -0.05) is 34.1 Å². The molecule has 0 unspecified atom stereocenters. The van der Waals surface area contributed by atoms with Crippen LogP contribution in [0.25, 0.3) is 11.0 Å². The van der Waals surface area contributed by atoms with Gasteiger partial charge in [-0.05, 0) is 43.7 Å². The number of aryl methyl sites for hydroxylation is 1. The van der Waals surface area contributed by atoms with Crippen LogP contribution in [0, 0.1) is 6.92 Å². The molecule has 0 aliphatic heterocycles. The smallest absolute Gasteiger partial charge is 0.129 e. The Morgan fingerprint density at radius 2 is 1.95 bits per heavy atom. The Kier molecular flexibility index (Phi) is 3.97. The molecule has 0 bridgehead atoms. The van der Waals surface area contributed by atoms with Gasteiger partial charge in [0.05, 0.1) is 17.6 Å². The second kappa shape index (κ2) is 5.90. The van der Waals surface area contributed by atoms with Crippen LogP contribution in [0.3, 0.4) is 0 Å². The number of rotatable bonds is 4. The van der Waals surface area contributed by atoms with Gasteiger partial charge in [0.1, 0.15) is 5.82 Å². The fourth-order valence-electron chi connectivity index (χ4n) is 2.59. The quantitative estimate of drug-likeness (QED) is 0.741. The van der Waals surface area contributed by atoms with E-state index in [1.54, 1.807) is 0 Å². The Labute approximate surface area is 133 Å². The lowest BCUT2D eigenvalue weighted by atomic mass is 10.2. The van der Waals surface area contributed by atoms with Crippen LogP contribution in [0.2, 0.25) is 0 Å². The molecule has 3 rings (SSSR count). The number of aromatic nitrogens is 2. The van der Waals surface area contributed by atoms with Gasteiger partial charge in [0.2, 0.25) is 0 Å². The third kappa shape index (κ3) is 2.68. The van der Waals surface area contributed by atoms with E-state index in [0.717, 1.165) is 34.6 Å². The lowest BCUT2D eigenvalue weighted by molar-refractivity contribution is 0.728. The number of imidazole rings is 1. The number of fused-ring (bicyclic) bond motifs is 1. The lowest BCUT2D eigenvalue weighted by Gasteiger charge is -2.11. The average Bonchev–Trinajstić information content (AvgIpc) is 2.86. The summed E-state index contributed by atoms with van der Waals surface area (Å²) in [6, 6.07) is 14.5. The van der Waals surface area contributed by atoms with Crippen molar-refractivity contribution in [3.8, 4) is 0 Å². The summed E-state index contributed by atoms with van der Waals surface area (Å²) in [5.41, 5.74) is 4.61. The van der Waals surface area contributed by atoms with Gasteiger partial charge in [-0.3, -0.25) is 0 Å². The molecule has 2 aromatic carbocycles. The Morgan fingerprint density at radius 3 is 2.76 bits per heavy atom. The van der Waals surface area contributed by atoms with Crippen LogP contribution < -0.4 is 5.32 Å². The fourth-order valence-corrected chi connectivity index (χ4v) is 2.95. The molecule has 0 spiro atoms.